The van der Waals surface area contributed by atoms with E-state index in [0.717, 1.165) is 33.3 Å². The van der Waals surface area contributed by atoms with Gasteiger partial charge in [0.25, 0.3) is 0 Å². The summed E-state index contributed by atoms with van der Waals surface area (Å²) in [6.07, 6.45) is 0.301. The molecule has 160 valence electrons. The summed E-state index contributed by atoms with van der Waals surface area (Å²) in [5, 5.41) is 1.06. The number of rotatable bonds is 3. The number of aryl methyl sites for hydroxylation is 1. The topological polar surface area (TPSA) is 56.8 Å². The quantitative estimate of drug-likeness (QED) is 0.656. The largest absolute Gasteiger partial charge is 0.339 e. The van der Waals surface area contributed by atoms with Crippen molar-refractivity contribution in [2.75, 3.05) is 40.3 Å². The minimum atomic E-state index is -0.00645. The Kier molecular flexibility index (Phi) is 5.89. The van der Waals surface area contributed by atoms with Gasteiger partial charge in [0, 0.05) is 51.4 Å². The van der Waals surface area contributed by atoms with E-state index < -0.39 is 0 Å². The third-order valence-electron chi connectivity index (χ3n) is 5.88. The Balaban J connectivity index is 1.62. The van der Waals surface area contributed by atoms with E-state index in [2.05, 4.69) is 18.2 Å². The third kappa shape index (κ3) is 4.24. The van der Waals surface area contributed by atoms with Crippen molar-refractivity contribution < 1.29 is 9.59 Å². The Bertz CT molecular complexity index is 1100. The summed E-state index contributed by atoms with van der Waals surface area (Å²) in [6.45, 7) is 4.21. The van der Waals surface area contributed by atoms with Crippen LogP contribution in [0.1, 0.15) is 11.3 Å². The molecule has 0 aliphatic carbocycles. The van der Waals surface area contributed by atoms with Crippen LogP contribution in [0, 0.1) is 6.92 Å². The van der Waals surface area contributed by atoms with E-state index in [0.29, 0.717) is 32.6 Å². The van der Waals surface area contributed by atoms with Gasteiger partial charge >= 0.3 is 6.03 Å². The van der Waals surface area contributed by atoms with Gasteiger partial charge in [0.1, 0.15) is 0 Å². The number of amides is 3. The molecule has 2 aromatic carbocycles. The first-order valence-corrected chi connectivity index (χ1v) is 10.6. The number of carbonyl (C=O) groups excluding carboxylic acids is 2. The number of pyridine rings is 1. The van der Waals surface area contributed by atoms with Gasteiger partial charge in [-0.2, -0.15) is 0 Å². The summed E-state index contributed by atoms with van der Waals surface area (Å²) >= 11 is 0. The van der Waals surface area contributed by atoms with Crippen LogP contribution in [0.4, 0.5) is 4.79 Å². The zero-order valence-corrected chi connectivity index (χ0v) is 18.3. The predicted molar refractivity (Wildman–Crippen MR) is 123 cm³/mol. The molecule has 2 heterocycles. The molecule has 0 saturated carbocycles. The van der Waals surface area contributed by atoms with Crippen molar-refractivity contribution in [3.8, 4) is 11.1 Å². The maximum Gasteiger partial charge on any atom is 0.319 e. The number of fused-ring (bicyclic) bond motifs is 1. The molecule has 0 radical (unpaired) electrons. The van der Waals surface area contributed by atoms with Gasteiger partial charge in [-0.05, 0) is 29.7 Å². The summed E-state index contributed by atoms with van der Waals surface area (Å²) in [4.78, 5) is 35.4. The number of piperazine rings is 1. The number of hydrogen-bond donors (Lipinski definition) is 0. The molecule has 0 atom stereocenters. The lowest BCUT2D eigenvalue weighted by atomic mass is 9.92. The molecule has 31 heavy (non-hydrogen) atoms. The molecule has 3 amide bonds. The lowest BCUT2D eigenvalue weighted by molar-refractivity contribution is -0.131. The van der Waals surface area contributed by atoms with Crippen molar-refractivity contribution >= 4 is 22.8 Å². The highest BCUT2D eigenvalue weighted by Crippen LogP contribution is 2.33. The maximum atomic E-state index is 13.2. The number of hydrogen-bond acceptors (Lipinski definition) is 3. The second-order valence-corrected chi connectivity index (χ2v) is 8.16. The van der Waals surface area contributed by atoms with Crippen LogP contribution in [0.3, 0.4) is 0 Å². The van der Waals surface area contributed by atoms with E-state index in [1.54, 1.807) is 23.9 Å². The molecule has 1 aliphatic heterocycles. The molecule has 0 unspecified atom stereocenters. The van der Waals surface area contributed by atoms with Gasteiger partial charge in [-0.3, -0.25) is 9.78 Å². The summed E-state index contributed by atoms with van der Waals surface area (Å²) in [5.74, 6) is 0.0781. The van der Waals surface area contributed by atoms with Crippen LogP contribution in [0.5, 0.6) is 0 Å². The normalized spacial score (nSPS) is 14.0. The van der Waals surface area contributed by atoms with Gasteiger partial charge < -0.3 is 14.7 Å². The fourth-order valence-electron chi connectivity index (χ4n) is 4.22. The van der Waals surface area contributed by atoms with E-state index in [-0.39, 0.29) is 11.9 Å². The zero-order valence-electron chi connectivity index (χ0n) is 18.3. The van der Waals surface area contributed by atoms with Crippen LogP contribution in [0.2, 0.25) is 0 Å². The van der Waals surface area contributed by atoms with Crippen molar-refractivity contribution in [3.63, 3.8) is 0 Å². The lowest BCUT2D eigenvalue weighted by Crippen LogP contribution is -2.53. The van der Waals surface area contributed by atoms with E-state index in [1.165, 1.54) is 0 Å². The summed E-state index contributed by atoms with van der Waals surface area (Å²) in [6, 6.07) is 18.3. The number of para-hydroxylation sites is 1. The second kappa shape index (κ2) is 8.76. The molecule has 1 aromatic heterocycles. The number of aromatic nitrogens is 1. The van der Waals surface area contributed by atoms with E-state index in [9.17, 15) is 9.59 Å². The van der Waals surface area contributed by atoms with E-state index in [1.807, 2.05) is 48.2 Å². The van der Waals surface area contributed by atoms with E-state index in [4.69, 9.17) is 4.98 Å². The molecule has 6 heteroatoms. The standard InChI is InChI=1S/C25H28N4O2/c1-18-21(17-23(30)28-13-15-29(16-14-28)25(31)27(2)3)24(19-9-5-4-6-10-19)20-11-7-8-12-22(20)26-18/h4-12H,13-17H2,1-3H3. The average Bonchev–Trinajstić information content (AvgIpc) is 2.79. The van der Waals surface area contributed by atoms with Crippen molar-refractivity contribution in [3.05, 3.63) is 65.9 Å². The highest BCUT2D eigenvalue weighted by Gasteiger charge is 2.26. The monoisotopic (exact) mass is 416 g/mol. The minimum absolute atomic E-state index is 0.00645. The number of benzene rings is 2. The number of carbonyl (C=O) groups is 2. The van der Waals surface area contributed by atoms with Gasteiger partial charge in [-0.15, -0.1) is 0 Å². The average molecular weight is 417 g/mol. The molecule has 0 N–H and O–H groups in total. The van der Waals surface area contributed by atoms with Crippen molar-refractivity contribution in [2.45, 2.75) is 13.3 Å². The van der Waals surface area contributed by atoms with Gasteiger partial charge in [-0.1, -0.05) is 48.5 Å². The fraction of sp³-hybridized carbons (Fsp3) is 0.320. The molecule has 1 aliphatic rings. The molecule has 1 saturated heterocycles. The van der Waals surface area contributed by atoms with E-state index >= 15 is 0 Å². The predicted octanol–water partition coefficient (Wildman–Crippen LogP) is 3.58. The van der Waals surface area contributed by atoms with Gasteiger partial charge in [0.15, 0.2) is 0 Å². The second-order valence-electron chi connectivity index (χ2n) is 8.16. The fourth-order valence-corrected chi connectivity index (χ4v) is 4.22. The Morgan fingerprint density at radius 3 is 2.19 bits per heavy atom. The Hall–Kier alpha value is -3.41. The zero-order chi connectivity index (χ0) is 22.0. The van der Waals surface area contributed by atoms with Crippen molar-refractivity contribution in [2.24, 2.45) is 0 Å². The van der Waals surface area contributed by atoms with Crippen molar-refractivity contribution in [1.29, 1.82) is 0 Å². The molecular weight excluding hydrogens is 388 g/mol. The highest BCUT2D eigenvalue weighted by atomic mass is 16.2. The van der Waals surface area contributed by atoms with Crippen LogP contribution >= 0.6 is 0 Å². The van der Waals surface area contributed by atoms with Crippen molar-refractivity contribution in [1.82, 2.24) is 19.7 Å². The smallest absolute Gasteiger partial charge is 0.319 e. The summed E-state index contributed by atoms with van der Waals surface area (Å²) < 4.78 is 0. The SMILES string of the molecule is Cc1nc2ccccc2c(-c2ccccc2)c1CC(=O)N1CCN(C(=O)N(C)C)CC1. The number of urea groups is 1. The summed E-state index contributed by atoms with van der Waals surface area (Å²) in [7, 11) is 3.50. The first-order chi connectivity index (χ1) is 15.0. The highest BCUT2D eigenvalue weighted by molar-refractivity contribution is 5.98. The lowest BCUT2D eigenvalue weighted by Gasteiger charge is -2.36. The van der Waals surface area contributed by atoms with Crippen LogP contribution < -0.4 is 0 Å². The van der Waals surface area contributed by atoms with Crippen LogP contribution in [0.25, 0.3) is 22.0 Å². The van der Waals surface area contributed by atoms with Crippen LogP contribution in [0.15, 0.2) is 54.6 Å². The van der Waals surface area contributed by atoms with Gasteiger partial charge in [-0.25, -0.2) is 4.79 Å². The Morgan fingerprint density at radius 1 is 0.903 bits per heavy atom. The minimum Gasteiger partial charge on any atom is -0.339 e. The van der Waals surface area contributed by atoms with Gasteiger partial charge in [0.2, 0.25) is 5.91 Å². The summed E-state index contributed by atoms with van der Waals surface area (Å²) in [5.41, 5.74) is 4.96. The molecule has 0 bridgehead atoms. The van der Waals surface area contributed by atoms with Crippen LogP contribution in [-0.2, 0) is 11.2 Å². The van der Waals surface area contributed by atoms with Gasteiger partial charge in [0.05, 0.1) is 11.9 Å². The Morgan fingerprint density at radius 2 is 1.52 bits per heavy atom. The molecule has 4 rings (SSSR count). The molecule has 0 spiro atoms. The first kappa shape index (κ1) is 20.8. The maximum absolute atomic E-state index is 13.2. The molecule has 3 aromatic rings. The third-order valence-corrected chi connectivity index (χ3v) is 5.88. The molecule has 1 fully saturated rings. The first-order valence-electron chi connectivity index (χ1n) is 10.6. The Labute approximate surface area is 183 Å². The van der Waals surface area contributed by atoms with Crippen LogP contribution in [-0.4, -0.2) is 71.9 Å². The molecule has 6 nitrogen and oxygen atoms in total. The molecular formula is C25H28N4O2. The number of nitrogens with zero attached hydrogens (tertiary/aromatic N) is 4.